The Hall–Kier alpha value is -1.85. The van der Waals surface area contributed by atoms with Gasteiger partial charge < -0.3 is 9.84 Å². The Morgan fingerprint density at radius 1 is 1.20 bits per heavy atom. The minimum absolute atomic E-state index is 0.0758. The van der Waals surface area contributed by atoms with Crippen molar-refractivity contribution in [1.82, 2.24) is 9.21 Å². The van der Waals surface area contributed by atoms with Crippen molar-refractivity contribution in [3.05, 3.63) is 29.8 Å². The van der Waals surface area contributed by atoms with E-state index in [0.717, 1.165) is 57.7 Å². The molecular weight excluding hydrogens is 425 g/mol. The molecule has 1 aromatic carbocycles. The molecule has 0 bridgehead atoms. The van der Waals surface area contributed by atoms with Crippen LogP contribution in [0.1, 0.15) is 24.8 Å². The molecule has 0 unspecified atom stereocenters. The van der Waals surface area contributed by atoms with Gasteiger partial charge in [0.05, 0.1) is 12.4 Å². The van der Waals surface area contributed by atoms with Gasteiger partial charge in [0.2, 0.25) is 10.0 Å². The monoisotopic (exact) mass is 450 g/mol. The molecule has 4 rings (SSSR count). The standard InChI is InChI=1S/C17H24N2O3S.C2HF3O2/c1-22-15-4-2-14(3-5-15)10-18-11-17(12-18)8-9-19(13-17)23(20,21)16-6-7-16;3-2(4,5)1(6)7/h2-5,16H,6-13H2,1H3;(H,6,7). The molecule has 1 saturated carbocycles. The lowest BCUT2D eigenvalue weighted by Gasteiger charge is -2.48. The van der Waals surface area contributed by atoms with Gasteiger partial charge in [0.15, 0.2) is 0 Å². The van der Waals surface area contributed by atoms with Gasteiger partial charge in [-0.2, -0.15) is 13.2 Å². The van der Waals surface area contributed by atoms with Crippen molar-refractivity contribution >= 4 is 16.0 Å². The van der Waals surface area contributed by atoms with Crippen LogP contribution < -0.4 is 4.74 Å². The van der Waals surface area contributed by atoms with Crippen LogP contribution >= 0.6 is 0 Å². The summed E-state index contributed by atoms with van der Waals surface area (Å²) in [4.78, 5) is 11.3. The Bertz CT molecular complexity index is 863. The van der Waals surface area contributed by atoms with E-state index in [2.05, 4.69) is 17.0 Å². The Labute approximate surface area is 173 Å². The number of benzene rings is 1. The molecule has 2 saturated heterocycles. The van der Waals surface area contributed by atoms with Gasteiger partial charge in [0.25, 0.3) is 0 Å². The maximum Gasteiger partial charge on any atom is 0.490 e. The minimum Gasteiger partial charge on any atom is -0.497 e. The Balaban J connectivity index is 0.000000318. The molecule has 3 fully saturated rings. The summed E-state index contributed by atoms with van der Waals surface area (Å²) in [5.41, 5.74) is 1.48. The zero-order chi connectivity index (χ0) is 22.2. The maximum absolute atomic E-state index is 12.4. The summed E-state index contributed by atoms with van der Waals surface area (Å²) in [6.07, 6.45) is -2.36. The van der Waals surface area contributed by atoms with Gasteiger partial charge >= 0.3 is 12.1 Å². The molecule has 0 amide bonds. The van der Waals surface area contributed by atoms with Crippen LogP contribution in [-0.2, 0) is 21.4 Å². The number of hydrogen-bond donors (Lipinski definition) is 1. The van der Waals surface area contributed by atoms with Gasteiger partial charge in [-0.05, 0) is 37.0 Å². The number of aliphatic carboxylic acids is 1. The minimum atomic E-state index is -5.08. The third kappa shape index (κ3) is 5.25. The first-order valence-corrected chi connectivity index (χ1v) is 11.1. The predicted molar refractivity (Wildman–Crippen MR) is 103 cm³/mol. The van der Waals surface area contributed by atoms with E-state index in [1.165, 1.54) is 5.56 Å². The van der Waals surface area contributed by atoms with Crippen molar-refractivity contribution in [2.75, 3.05) is 33.3 Å². The molecule has 0 atom stereocenters. The number of methoxy groups -OCH3 is 1. The number of carboxylic acids is 1. The average Bonchev–Trinajstić information content (AvgIpc) is 3.42. The predicted octanol–water partition coefficient (Wildman–Crippen LogP) is 2.33. The van der Waals surface area contributed by atoms with Crippen molar-refractivity contribution in [3.63, 3.8) is 0 Å². The number of sulfonamides is 1. The van der Waals surface area contributed by atoms with Crippen LogP contribution in [0.3, 0.4) is 0 Å². The largest absolute Gasteiger partial charge is 0.497 e. The highest BCUT2D eigenvalue weighted by Crippen LogP contribution is 2.43. The molecule has 1 aliphatic carbocycles. The quantitative estimate of drug-likeness (QED) is 0.741. The van der Waals surface area contributed by atoms with Crippen molar-refractivity contribution in [2.45, 2.75) is 37.2 Å². The lowest BCUT2D eigenvalue weighted by atomic mass is 9.79. The molecule has 7 nitrogen and oxygen atoms in total. The second-order valence-corrected chi connectivity index (χ2v) is 10.3. The van der Waals surface area contributed by atoms with E-state index in [1.807, 2.05) is 12.1 Å². The summed E-state index contributed by atoms with van der Waals surface area (Å²) in [5.74, 6) is -1.88. The summed E-state index contributed by atoms with van der Waals surface area (Å²) in [6, 6.07) is 8.18. The molecular formula is C19H25F3N2O5S. The van der Waals surface area contributed by atoms with Gasteiger partial charge in [0.1, 0.15) is 5.75 Å². The van der Waals surface area contributed by atoms with E-state index < -0.39 is 22.2 Å². The van der Waals surface area contributed by atoms with Gasteiger partial charge in [0, 0.05) is 38.1 Å². The lowest BCUT2D eigenvalue weighted by molar-refractivity contribution is -0.192. The summed E-state index contributed by atoms with van der Waals surface area (Å²) >= 11 is 0. The molecule has 2 aliphatic heterocycles. The normalized spacial score (nSPS) is 21.6. The fourth-order valence-electron chi connectivity index (χ4n) is 3.95. The molecule has 2 heterocycles. The smallest absolute Gasteiger partial charge is 0.490 e. The number of ether oxygens (including phenoxy) is 1. The Morgan fingerprint density at radius 3 is 2.23 bits per heavy atom. The lowest BCUT2D eigenvalue weighted by Crippen LogP contribution is -2.57. The van der Waals surface area contributed by atoms with Crippen LogP contribution in [0.4, 0.5) is 13.2 Å². The van der Waals surface area contributed by atoms with E-state index >= 15 is 0 Å². The highest BCUT2D eigenvalue weighted by atomic mass is 32.2. The Kier molecular flexibility index (Phi) is 6.35. The van der Waals surface area contributed by atoms with Gasteiger partial charge in [-0.3, -0.25) is 4.90 Å². The van der Waals surface area contributed by atoms with Crippen LogP contribution in [0.25, 0.3) is 0 Å². The highest BCUT2D eigenvalue weighted by Gasteiger charge is 2.52. The van der Waals surface area contributed by atoms with Crippen LogP contribution in [0.2, 0.25) is 0 Å². The third-order valence-electron chi connectivity index (χ3n) is 5.63. The summed E-state index contributed by atoms with van der Waals surface area (Å²) < 4.78 is 63.4. The van der Waals surface area contributed by atoms with Crippen LogP contribution in [-0.4, -0.2) is 73.4 Å². The first-order chi connectivity index (χ1) is 13.9. The summed E-state index contributed by atoms with van der Waals surface area (Å²) in [6.45, 7) is 4.40. The van der Waals surface area contributed by atoms with Crippen molar-refractivity contribution in [1.29, 1.82) is 0 Å². The second kappa shape index (κ2) is 8.35. The Morgan fingerprint density at radius 2 is 1.77 bits per heavy atom. The fraction of sp³-hybridized carbons (Fsp3) is 0.632. The highest BCUT2D eigenvalue weighted by molar-refractivity contribution is 7.90. The molecule has 0 radical (unpaired) electrons. The van der Waals surface area contributed by atoms with Crippen LogP contribution in [0, 0.1) is 5.41 Å². The first-order valence-electron chi connectivity index (χ1n) is 9.60. The van der Waals surface area contributed by atoms with Crippen molar-refractivity contribution in [3.8, 4) is 5.75 Å². The average molecular weight is 450 g/mol. The number of nitrogens with zero attached hydrogens (tertiary/aromatic N) is 2. The van der Waals surface area contributed by atoms with E-state index in [9.17, 15) is 21.6 Å². The molecule has 1 N–H and O–H groups in total. The first kappa shape index (κ1) is 22.8. The number of halogens is 3. The van der Waals surface area contributed by atoms with Crippen LogP contribution in [0.5, 0.6) is 5.75 Å². The van der Waals surface area contributed by atoms with Crippen molar-refractivity contribution < 1.29 is 36.2 Å². The second-order valence-electron chi connectivity index (χ2n) is 8.12. The number of carbonyl (C=O) groups is 1. The zero-order valence-corrected chi connectivity index (χ0v) is 17.4. The zero-order valence-electron chi connectivity index (χ0n) is 16.6. The van der Waals surface area contributed by atoms with E-state index in [1.54, 1.807) is 11.4 Å². The van der Waals surface area contributed by atoms with E-state index in [4.69, 9.17) is 14.6 Å². The molecule has 0 aromatic heterocycles. The number of likely N-dealkylation sites (tertiary alicyclic amines) is 1. The van der Waals surface area contributed by atoms with E-state index in [0.29, 0.717) is 0 Å². The molecule has 1 spiro atoms. The van der Waals surface area contributed by atoms with Crippen molar-refractivity contribution in [2.24, 2.45) is 5.41 Å². The summed E-state index contributed by atoms with van der Waals surface area (Å²) in [5, 5.41) is 7.05. The number of hydrogen-bond acceptors (Lipinski definition) is 5. The molecule has 1 aromatic rings. The third-order valence-corrected chi connectivity index (χ3v) is 7.98. The van der Waals surface area contributed by atoms with Gasteiger partial charge in [-0.1, -0.05) is 12.1 Å². The van der Waals surface area contributed by atoms with E-state index in [-0.39, 0.29) is 10.7 Å². The molecule has 30 heavy (non-hydrogen) atoms. The number of rotatable bonds is 5. The van der Waals surface area contributed by atoms with Crippen LogP contribution in [0.15, 0.2) is 24.3 Å². The number of alkyl halides is 3. The van der Waals surface area contributed by atoms with Gasteiger partial charge in [-0.25, -0.2) is 17.5 Å². The SMILES string of the molecule is COc1ccc(CN2CC3(CCN(S(=O)(=O)C4CC4)C3)C2)cc1.O=C(O)C(F)(F)F. The topological polar surface area (TPSA) is 87.2 Å². The molecule has 11 heteroatoms. The maximum atomic E-state index is 12.4. The molecule has 168 valence electrons. The fourth-order valence-corrected chi connectivity index (χ4v) is 5.90. The summed E-state index contributed by atoms with van der Waals surface area (Å²) in [7, 11) is -1.32. The molecule has 3 aliphatic rings. The van der Waals surface area contributed by atoms with Gasteiger partial charge in [-0.15, -0.1) is 0 Å². The number of carboxylic acid groups (broad SMARTS) is 1.